The van der Waals surface area contributed by atoms with Crippen LogP contribution in [0.5, 0.6) is 11.6 Å². The van der Waals surface area contributed by atoms with Crippen LogP contribution in [0, 0.1) is 6.92 Å². The number of nitrogens with one attached hydrogen (secondary N) is 1. The van der Waals surface area contributed by atoms with E-state index < -0.39 is 11.9 Å². The summed E-state index contributed by atoms with van der Waals surface area (Å²) in [4.78, 5) is 25.7. The number of aromatic hydroxyl groups is 1. The van der Waals surface area contributed by atoms with Gasteiger partial charge in [0, 0.05) is 12.3 Å². The maximum atomic E-state index is 11.6. The van der Waals surface area contributed by atoms with Gasteiger partial charge in [0.2, 0.25) is 5.88 Å². The molecule has 0 saturated carbocycles. The maximum absolute atomic E-state index is 11.6. The van der Waals surface area contributed by atoms with Crippen LogP contribution in [-0.2, 0) is 17.8 Å². The lowest BCUT2D eigenvalue weighted by Crippen LogP contribution is -2.14. The minimum atomic E-state index is -0.740. The topological polar surface area (TPSA) is 115 Å². The molecule has 1 unspecified atom stereocenters. The summed E-state index contributed by atoms with van der Waals surface area (Å²) in [6.45, 7) is 6.15. The molecule has 0 aliphatic rings. The number of aryl methyl sites for hydroxylation is 1. The van der Waals surface area contributed by atoms with E-state index in [2.05, 4.69) is 4.98 Å². The van der Waals surface area contributed by atoms with Crippen molar-refractivity contribution in [2.24, 2.45) is 0 Å². The van der Waals surface area contributed by atoms with Gasteiger partial charge in [0.15, 0.2) is 11.5 Å². The van der Waals surface area contributed by atoms with Crippen molar-refractivity contribution in [3.8, 4) is 11.6 Å². The van der Waals surface area contributed by atoms with Crippen LogP contribution in [0.2, 0.25) is 0 Å². The van der Waals surface area contributed by atoms with Gasteiger partial charge in [0.1, 0.15) is 25.1 Å². The first-order valence-electron chi connectivity index (χ1n) is 11.2. The predicted octanol–water partition coefficient (Wildman–Crippen LogP) is 5.05. The lowest BCUT2D eigenvalue weighted by molar-refractivity contribution is -0.000258. The third-order valence-corrected chi connectivity index (χ3v) is 6.33. The van der Waals surface area contributed by atoms with Gasteiger partial charge in [0.25, 0.3) is 0 Å². The number of aromatic nitrogens is 1. The number of aromatic amines is 1. The van der Waals surface area contributed by atoms with Crippen LogP contribution in [0.4, 0.5) is 0 Å². The van der Waals surface area contributed by atoms with E-state index in [0.29, 0.717) is 28.6 Å². The Morgan fingerprint density at radius 3 is 2.37 bits per heavy atom. The Balaban J connectivity index is 1.44. The van der Waals surface area contributed by atoms with Crippen LogP contribution >= 0.6 is 11.3 Å². The normalized spacial score (nSPS) is 12.2. The second-order valence-corrected chi connectivity index (χ2v) is 9.59. The molecular weight excluding hydrogens is 470 g/mol. The summed E-state index contributed by atoms with van der Waals surface area (Å²) in [6.07, 6.45) is 0.0307. The Bertz CT molecular complexity index is 1360. The zero-order chi connectivity index (χ0) is 24.9. The van der Waals surface area contributed by atoms with E-state index >= 15 is 0 Å². The van der Waals surface area contributed by atoms with Gasteiger partial charge < -0.3 is 23.4 Å². The Morgan fingerprint density at radius 2 is 1.74 bits per heavy atom. The van der Waals surface area contributed by atoms with Crippen molar-refractivity contribution in [3.05, 3.63) is 102 Å². The number of thiazole rings is 1. The second kappa shape index (κ2) is 10.8. The number of hydrogen-bond acceptors (Lipinski definition) is 8. The van der Waals surface area contributed by atoms with Gasteiger partial charge in [-0.1, -0.05) is 67.1 Å². The molecule has 8 nitrogen and oxygen atoms in total. The van der Waals surface area contributed by atoms with Gasteiger partial charge in [-0.25, -0.2) is 4.79 Å². The molecule has 35 heavy (non-hydrogen) atoms. The molecule has 184 valence electrons. The molecule has 2 aromatic carbocycles. The maximum Gasteiger partial charge on any atom is 0.519 e. The largest absolute Gasteiger partial charge is 0.519 e. The minimum Gasteiger partial charge on any atom is -0.494 e. The summed E-state index contributed by atoms with van der Waals surface area (Å²) < 4.78 is 22.5. The first kappa shape index (κ1) is 24.6. The van der Waals surface area contributed by atoms with Crippen molar-refractivity contribution >= 4 is 11.3 Å². The van der Waals surface area contributed by atoms with E-state index in [4.69, 9.17) is 18.3 Å². The van der Waals surface area contributed by atoms with Gasteiger partial charge in [-0.3, -0.25) is 9.78 Å². The van der Waals surface area contributed by atoms with E-state index in [1.807, 2.05) is 69.3 Å². The van der Waals surface area contributed by atoms with Crippen LogP contribution in [0.25, 0.3) is 0 Å². The molecule has 4 aromatic rings. The summed E-state index contributed by atoms with van der Waals surface area (Å²) in [6, 6.07) is 15.4. The third kappa shape index (κ3) is 6.32. The Labute approximate surface area is 205 Å². The average molecular weight is 498 g/mol. The summed E-state index contributed by atoms with van der Waals surface area (Å²) in [7, 11) is 0. The smallest absolute Gasteiger partial charge is 0.494 e. The SMILES string of the molecule is Cc1ccc(C(COc2ccc(Cc3sc(=O)[nH]c3O)cc2)OCc2oc(=O)oc2C(C)C)cc1. The molecule has 0 radical (unpaired) electrons. The first-order chi connectivity index (χ1) is 16.8. The lowest BCUT2D eigenvalue weighted by Gasteiger charge is -2.19. The zero-order valence-electron chi connectivity index (χ0n) is 19.7. The van der Waals surface area contributed by atoms with Crippen molar-refractivity contribution in [2.45, 2.75) is 45.8 Å². The molecule has 2 aromatic heterocycles. The van der Waals surface area contributed by atoms with Gasteiger partial charge in [-0.2, -0.15) is 0 Å². The van der Waals surface area contributed by atoms with Crippen molar-refractivity contribution < 1.29 is 23.4 Å². The number of hydrogen-bond donors (Lipinski definition) is 2. The van der Waals surface area contributed by atoms with Crippen LogP contribution in [0.15, 0.2) is 67.0 Å². The van der Waals surface area contributed by atoms with Crippen LogP contribution < -0.4 is 15.4 Å². The third-order valence-electron chi connectivity index (χ3n) is 5.45. The highest BCUT2D eigenvalue weighted by Crippen LogP contribution is 2.26. The van der Waals surface area contributed by atoms with Crippen molar-refractivity contribution in [2.75, 3.05) is 6.61 Å². The molecule has 0 bridgehead atoms. The quantitative estimate of drug-likeness (QED) is 0.315. The molecule has 0 saturated heterocycles. The molecular formula is C26H27NO7S. The first-order valence-corrected chi connectivity index (χ1v) is 12.0. The minimum absolute atomic E-state index is 0.0122. The molecule has 4 rings (SSSR count). The van der Waals surface area contributed by atoms with Crippen molar-refractivity contribution in [1.82, 2.24) is 4.98 Å². The number of ether oxygens (including phenoxy) is 2. The van der Waals surface area contributed by atoms with Gasteiger partial charge in [0.05, 0.1) is 4.88 Å². The number of benzene rings is 2. The van der Waals surface area contributed by atoms with Crippen LogP contribution in [0.1, 0.15) is 59.0 Å². The Morgan fingerprint density at radius 1 is 1.03 bits per heavy atom. The van der Waals surface area contributed by atoms with Crippen molar-refractivity contribution in [1.29, 1.82) is 0 Å². The van der Waals surface area contributed by atoms with E-state index in [1.54, 1.807) is 0 Å². The van der Waals surface area contributed by atoms with E-state index in [1.165, 1.54) is 0 Å². The standard InChI is InChI=1S/C26H27NO7S/c1-15(2)23-21(33-26(30)34-23)14-32-20(18-8-4-16(3)5-9-18)13-31-19-10-6-17(7-11-19)12-22-24(28)27-25(29)35-22/h4-11,15,20,28H,12-14H2,1-3H3,(H,27,29). The molecule has 2 N–H and O–H groups in total. The average Bonchev–Trinajstić information content (AvgIpc) is 3.36. The van der Waals surface area contributed by atoms with E-state index in [9.17, 15) is 14.7 Å². The molecule has 0 amide bonds. The fraction of sp³-hybridized carbons (Fsp3) is 0.308. The van der Waals surface area contributed by atoms with Gasteiger partial charge >= 0.3 is 10.7 Å². The fourth-order valence-corrected chi connectivity index (χ4v) is 4.35. The number of H-pyrrole nitrogens is 1. The van der Waals surface area contributed by atoms with Gasteiger partial charge in [-0.15, -0.1) is 0 Å². The van der Waals surface area contributed by atoms with E-state index in [-0.39, 0.29) is 29.9 Å². The molecule has 0 spiro atoms. The highest BCUT2D eigenvalue weighted by molar-refractivity contribution is 7.09. The van der Waals surface area contributed by atoms with E-state index in [0.717, 1.165) is 28.0 Å². The highest BCUT2D eigenvalue weighted by Gasteiger charge is 2.20. The van der Waals surface area contributed by atoms with Crippen molar-refractivity contribution in [3.63, 3.8) is 0 Å². The molecule has 0 fully saturated rings. The fourth-order valence-electron chi connectivity index (χ4n) is 3.59. The Hall–Kier alpha value is -3.56. The zero-order valence-corrected chi connectivity index (χ0v) is 20.5. The molecule has 9 heteroatoms. The summed E-state index contributed by atoms with van der Waals surface area (Å²) >= 11 is 0.991. The van der Waals surface area contributed by atoms with Crippen LogP contribution in [-0.4, -0.2) is 16.7 Å². The summed E-state index contributed by atoms with van der Waals surface area (Å²) in [5.41, 5.74) is 3.00. The molecule has 0 aliphatic carbocycles. The molecule has 2 heterocycles. The molecule has 1 atom stereocenters. The van der Waals surface area contributed by atoms with Gasteiger partial charge in [-0.05, 0) is 30.2 Å². The highest BCUT2D eigenvalue weighted by atomic mass is 32.1. The summed E-state index contributed by atoms with van der Waals surface area (Å²) in [5.74, 6) is 0.665. The van der Waals surface area contributed by atoms with Crippen LogP contribution in [0.3, 0.4) is 0 Å². The summed E-state index contributed by atoms with van der Waals surface area (Å²) in [5, 5.41) is 9.79. The number of rotatable bonds is 10. The second-order valence-electron chi connectivity index (χ2n) is 8.52. The lowest BCUT2D eigenvalue weighted by atomic mass is 10.1. The monoisotopic (exact) mass is 497 g/mol. The Kier molecular flexibility index (Phi) is 7.57. The predicted molar refractivity (Wildman–Crippen MR) is 131 cm³/mol. The molecule has 0 aliphatic heterocycles.